The van der Waals surface area contributed by atoms with Crippen LogP contribution in [0.3, 0.4) is 0 Å². The first-order valence-electron chi connectivity index (χ1n) is 6.32. The summed E-state index contributed by atoms with van der Waals surface area (Å²) in [4.78, 5) is 23.5. The van der Waals surface area contributed by atoms with E-state index in [0.29, 0.717) is 25.8 Å². The molecule has 0 radical (unpaired) electrons. The van der Waals surface area contributed by atoms with Crippen molar-refractivity contribution in [3.05, 3.63) is 62.5 Å². The van der Waals surface area contributed by atoms with E-state index in [-0.39, 0.29) is 0 Å². The lowest BCUT2D eigenvalue weighted by atomic mass is 10.2. The zero-order valence-electron chi connectivity index (χ0n) is 11.5. The summed E-state index contributed by atoms with van der Waals surface area (Å²) in [6, 6.07) is 11.9. The molecule has 0 aliphatic rings. The molecule has 118 valence electrons. The predicted octanol–water partition coefficient (Wildman–Crippen LogP) is 3.84. The molecule has 0 unspecified atom stereocenters. The maximum Gasteiger partial charge on any atom is 0.329 e. The normalized spacial score (nSPS) is 10.6. The van der Waals surface area contributed by atoms with Crippen LogP contribution in [0.15, 0.2) is 52.0 Å². The Bertz CT molecular complexity index is 761. The second-order valence-electron chi connectivity index (χ2n) is 4.27. The molecule has 0 bridgehead atoms. The van der Waals surface area contributed by atoms with E-state index in [1.54, 1.807) is 42.5 Å². The maximum absolute atomic E-state index is 11.8. The number of benzene rings is 2. The van der Waals surface area contributed by atoms with Gasteiger partial charge in [-0.3, -0.25) is 9.59 Å². The molecule has 0 spiro atoms. The molecule has 2 N–H and O–H groups in total. The van der Waals surface area contributed by atoms with Gasteiger partial charge in [0.2, 0.25) is 0 Å². The fourth-order valence-electron chi connectivity index (χ4n) is 1.58. The van der Waals surface area contributed by atoms with Crippen molar-refractivity contribution < 1.29 is 9.59 Å². The average molecular weight is 415 g/mol. The summed E-state index contributed by atoms with van der Waals surface area (Å²) in [5.41, 5.74) is 3.04. The minimum atomic E-state index is -0.917. The number of carbonyl (C=O) groups excluding carboxylic acids is 2. The van der Waals surface area contributed by atoms with E-state index in [4.69, 9.17) is 23.2 Å². The number of nitrogens with one attached hydrogen (secondary N) is 2. The molecule has 8 heteroatoms. The Kier molecular flexibility index (Phi) is 6.15. The number of carbonyl (C=O) groups is 2. The van der Waals surface area contributed by atoms with Crippen LogP contribution in [0.25, 0.3) is 0 Å². The summed E-state index contributed by atoms with van der Waals surface area (Å²) in [6.07, 6.45) is 1.27. The van der Waals surface area contributed by atoms with E-state index in [9.17, 15) is 9.59 Å². The van der Waals surface area contributed by atoms with Gasteiger partial charge in [0, 0.05) is 10.0 Å². The van der Waals surface area contributed by atoms with Crippen LogP contribution in [-0.2, 0) is 9.59 Å². The molecule has 0 saturated heterocycles. The average Bonchev–Trinajstić information content (AvgIpc) is 2.52. The Labute approximate surface area is 150 Å². The van der Waals surface area contributed by atoms with Crippen LogP contribution in [0.2, 0.25) is 10.0 Å². The smallest absolute Gasteiger partial charge is 0.317 e. The lowest BCUT2D eigenvalue weighted by molar-refractivity contribution is -0.136. The molecule has 5 nitrogen and oxygen atoms in total. The van der Waals surface area contributed by atoms with Crippen LogP contribution >= 0.6 is 39.1 Å². The Balaban J connectivity index is 1.98. The number of hydrogen-bond acceptors (Lipinski definition) is 3. The Morgan fingerprint density at radius 1 is 1.00 bits per heavy atom. The van der Waals surface area contributed by atoms with Crippen LogP contribution in [-0.4, -0.2) is 18.0 Å². The van der Waals surface area contributed by atoms with Crippen LogP contribution in [0.1, 0.15) is 5.56 Å². The Morgan fingerprint density at radius 2 is 1.65 bits per heavy atom. The van der Waals surface area contributed by atoms with Gasteiger partial charge in [-0.15, -0.1) is 0 Å². The standard InChI is InChI=1S/C15H10BrCl2N3O2/c16-10-4-1-2-7-13(10)20-14(22)15(23)21-19-8-9-11(17)5-3-6-12(9)18/h1-8H,(H,20,22)(H,21,23)/b19-8-. The van der Waals surface area contributed by atoms with Gasteiger partial charge >= 0.3 is 11.8 Å². The highest BCUT2D eigenvalue weighted by molar-refractivity contribution is 9.10. The van der Waals surface area contributed by atoms with Gasteiger partial charge in [-0.25, -0.2) is 5.43 Å². The van der Waals surface area contributed by atoms with Crippen LogP contribution in [0.4, 0.5) is 5.69 Å². The van der Waals surface area contributed by atoms with E-state index in [1.807, 2.05) is 0 Å². The van der Waals surface area contributed by atoms with Gasteiger partial charge in [0.25, 0.3) is 0 Å². The van der Waals surface area contributed by atoms with Crippen LogP contribution < -0.4 is 10.7 Å². The van der Waals surface area contributed by atoms with Gasteiger partial charge in [-0.2, -0.15) is 5.10 Å². The van der Waals surface area contributed by atoms with E-state index >= 15 is 0 Å². The number of halogens is 3. The van der Waals surface area contributed by atoms with E-state index in [0.717, 1.165) is 0 Å². The molecule has 2 amide bonds. The molecule has 2 aromatic carbocycles. The largest absolute Gasteiger partial charge is 0.329 e. The summed E-state index contributed by atoms with van der Waals surface area (Å²) in [7, 11) is 0. The van der Waals surface area contributed by atoms with Crippen LogP contribution in [0, 0.1) is 0 Å². The quantitative estimate of drug-likeness (QED) is 0.455. The first-order valence-corrected chi connectivity index (χ1v) is 7.87. The number of amides is 2. The molecule has 23 heavy (non-hydrogen) atoms. The van der Waals surface area contributed by atoms with Gasteiger partial charge in [0.05, 0.1) is 21.9 Å². The van der Waals surface area contributed by atoms with Crippen molar-refractivity contribution in [2.24, 2.45) is 5.10 Å². The van der Waals surface area contributed by atoms with Gasteiger partial charge in [-0.1, -0.05) is 41.4 Å². The first-order chi connectivity index (χ1) is 11.0. The molecule has 0 fully saturated rings. The van der Waals surface area contributed by atoms with Gasteiger partial charge < -0.3 is 5.32 Å². The molecule has 0 heterocycles. The lowest BCUT2D eigenvalue weighted by Gasteiger charge is -2.05. The van der Waals surface area contributed by atoms with Gasteiger partial charge in [0.1, 0.15) is 0 Å². The van der Waals surface area contributed by atoms with Crippen molar-refractivity contribution in [3.8, 4) is 0 Å². The summed E-state index contributed by atoms with van der Waals surface area (Å²) >= 11 is 15.2. The highest BCUT2D eigenvalue weighted by Gasteiger charge is 2.14. The number of hydrogen-bond donors (Lipinski definition) is 2. The zero-order valence-corrected chi connectivity index (χ0v) is 14.6. The molecule has 0 atom stereocenters. The number of hydrazone groups is 1. The SMILES string of the molecule is O=C(N/N=C\c1c(Cl)cccc1Cl)C(=O)Nc1ccccc1Br. The third-order valence-corrected chi connectivity index (χ3v) is 4.04. The van der Waals surface area contributed by atoms with Crippen molar-refractivity contribution in [1.82, 2.24) is 5.43 Å². The molecule has 0 saturated carbocycles. The number of anilines is 1. The van der Waals surface area contributed by atoms with Crippen LogP contribution in [0.5, 0.6) is 0 Å². The van der Waals surface area contributed by atoms with Gasteiger partial charge in [0.15, 0.2) is 0 Å². The summed E-state index contributed by atoms with van der Waals surface area (Å²) in [6.45, 7) is 0. The Morgan fingerprint density at radius 3 is 2.30 bits per heavy atom. The fraction of sp³-hybridized carbons (Fsp3) is 0. The second kappa shape index (κ2) is 8.10. The summed E-state index contributed by atoms with van der Waals surface area (Å²) < 4.78 is 0.660. The highest BCUT2D eigenvalue weighted by atomic mass is 79.9. The molecule has 0 aromatic heterocycles. The molecular formula is C15H10BrCl2N3O2. The maximum atomic E-state index is 11.8. The number of nitrogens with zero attached hydrogens (tertiary/aromatic N) is 1. The van der Waals surface area contributed by atoms with E-state index < -0.39 is 11.8 Å². The minimum Gasteiger partial charge on any atom is -0.317 e. The third-order valence-electron chi connectivity index (χ3n) is 2.69. The van der Waals surface area contributed by atoms with E-state index in [1.165, 1.54) is 6.21 Å². The zero-order chi connectivity index (χ0) is 16.8. The van der Waals surface area contributed by atoms with Crippen molar-refractivity contribution in [1.29, 1.82) is 0 Å². The highest BCUT2D eigenvalue weighted by Crippen LogP contribution is 2.22. The number of rotatable bonds is 3. The van der Waals surface area contributed by atoms with Crippen molar-refractivity contribution in [2.45, 2.75) is 0 Å². The summed E-state index contributed by atoms with van der Waals surface area (Å²) in [5, 5.41) is 6.91. The predicted molar refractivity (Wildman–Crippen MR) is 95.0 cm³/mol. The second-order valence-corrected chi connectivity index (χ2v) is 5.94. The Hall–Kier alpha value is -1.89. The fourth-order valence-corrected chi connectivity index (χ4v) is 2.46. The topological polar surface area (TPSA) is 70.6 Å². The third kappa shape index (κ3) is 4.79. The van der Waals surface area contributed by atoms with Crippen molar-refractivity contribution in [3.63, 3.8) is 0 Å². The first kappa shape index (κ1) is 17.5. The monoisotopic (exact) mass is 413 g/mol. The molecule has 0 aliphatic carbocycles. The van der Waals surface area contributed by atoms with Crippen molar-refractivity contribution in [2.75, 3.05) is 5.32 Å². The van der Waals surface area contributed by atoms with Gasteiger partial charge in [-0.05, 0) is 40.2 Å². The molecule has 0 aliphatic heterocycles. The molecular weight excluding hydrogens is 405 g/mol. The minimum absolute atomic E-state index is 0.383. The lowest BCUT2D eigenvalue weighted by Crippen LogP contribution is -2.32. The van der Waals surface area contributed by atoms with E-state index in [2.05, 4.69) is 31.8 Å². The number of para-hydroxylation sites is 1. The summed E-state index contributed by atoms with van der Waals surface area (Å²) in [5.74, 6) is -1.76. The molecule has 2 aromatic rings. The van der Waals surface area contributed by atoms with Crippen molar-refractivity contribution >= 4 is 62.8 Å². The molecule has 2 rings (SSSR count).